The zero-order valence-corrected chi connectivity index (χ0v) is 16.0. The molecule has 1 aromatic carbocycles. The number of nitro groups is 1. The van der Waals surface area contributed by atoms with Gasteiger partial charge in [0.15, 0.2) is 0 Å². The number of hydrogen-bond donors (Lipinski definition) is 0. The minimum Gasteiger partial charge on any atom is -0.438 e. The summed E-state index contributed by atoms with van der Waals surface area (Å²) in [6.07, 6.45) is 0. The molecule has 0 radical (unpaired) electrons. The first-order valence-electron chi connectivity index (χ1n) is 7.20. The Hall–Kier alpha value is -1.81. The molecule has 1 heterocycles. The van der Waals surface area contributed by atoms with Crippen LogP contribution in [0.5, 0.6) is 11.6 Å². The van der Waals surface area contributed by atoms with Gasteiger partial charge in [0.25, 0.3) is 5.69 Å². The number of hydrogen-bond acceptors (Lipinski definition) is 6. The normalized spacial score (nSPS) is 11.4. The molecule has 0 aliphatic rings. The summed E-state index contributed by atoms with van der Waals surface area (Å²) in [5, 5.41) is 10.9. The van der Waals surface area contributed by atoms with Gasteiger partial charge in [-0.3, -0.25) is 10.1 Å². The van der Waals surface area contributed by atoms with Gasteiger partial charge in [0.1, 0.15) is 11.6 Å². The maximum atomic E-state index is 10.9. The highest BCUT2D eigenvalue weighted by Crippen LogP contribution is 2.31. The van der Waals surface area contributed by atoms with E-state index in [2.05, 4.69) is 32.6 Å². The number of nitro benzene ring substituents is 1. The molecule has 7 nitrogen and oxygen atoms in total. The fraction of sp³-hybridized carbons (Fsp3) is 0.375. The molecule has 24 heavy (non-hydrogen) atoms. The van der Waals surface area contributed by atoms with E-state index in [1.165, 1.54) is 12.1 Å². The smallest absolute Gasteiger partial charge is 0.273 e. The maximum Gasteiger partial charge on any atom is 0.273 e. The Morgan fingerprint density at radius 1 is 1.25 bits per heavy atom. The topological polar surface area (TPSA) is 87.4 Å². The van der Waals surface area contributed by atoms with Gasteiger partial charge in [-0.2, -0.15) is 4.98 Å². The Labute approximate surface area is 153 Å². The van der Waals surface area contributed by atoms with Crippen molar-refractivity contribution < 1.29 is 14.4 Å². The van der Waals surface area contributed by atoms with Crippen LogP contribution in [0.15, 0.2) is 24.3 Å². The van der Waals surface area contributed by atoms with Gasteiger partial charge in [-0.25, -0.2) is 4.98 Å². The summed E-state index contributed by atoms with van der Waals surface area (Å²) in [4.78, 5) is 19.4. The first-order chi connectivity index (χ1) is 11.2. The van der Waals surface area contributed by atoms with Crippen molar-refractivity contribution in [3.63, 3.8) is 0 Å². The Morgan fingerprint density at radius 2 is 1.96 bits per heavy atom. The predicted molar refractivity (Wildman–Crippen MR) is 97.3 cm³/mol. The molecule has 0 spiro atoms. The number of methoxy groups -OCH3 is 1. The number of non-ortho nitro benzene ring substituents is 1. The molecule has 0 fully saturated rings. The lowest BCUT2D eigenvalue weighted by atomic mass is 9.95. The summed E-state index contributed by atoms with van der Waals surface area (Å²) in [6.45, 7) is 6.33. The maximum absolute atomic E-state index is 10.9. The van der Waals surface area contributed by atoms with Crippen molar-refractivity contribution in [2.24, 2.45) is 0 Å². The number of aromatic nitrogens is 2. The Bertz CT molecular complexity index is 759. The van der Waals surface area contributed by atoms with Crippen LogP contribution in [0.4, 0.5) is 5.69 Å². The van der Waals surface area contributed by atoms with Gasteiger partial charge in [0.2, 0.25) is 5.88 Å². The molecule has 0 atom stereocenters. The second kappa shape index (κ2) is 7.39. The summed E-state index contributed by atoms with van der Waals surface area (Å²) in [5.74, 6) is 1.33. The summed E-state index contributed by atoms with van der Waals surface area (Å²) in [7, 11) is 1.59. The molecule has 0 bridgehead atoms. The van der Waals surface area contributed by atoms with Gasteiger partial charge in [-0.15, -0.1) is 0 Å². The molecule has 128 valence electrons. The molecule has 1 aromatic heterocycles. The summed E-state index contributed by atoms with van der Waals surface area (Å²) in [5.41, 5.74) is 0.387. The van der Waals surface area contributed by atoms with Crippen molar-refractivity contribution >= 4 is 28.3 Å². The van der Waals surface area contributed by atoms with Gasteiger partial charge >= 0.3 is 0 Å². The average Bonchev–Trinajstić information content (AvgIpc) is 2.48. The van der Waals surface area contributed by atoms with Gasteiger partial charge in [0.05, 0.1) is 26.9 Å². The highest BCUT2D eigenvalue weighted by molar-refractivity contribution is 14.1. The summed E-state index contributed by atoms with van der Waals surface area (Å²) >= 11 is 2.06. The van der Waals surface area contributed by atoms with E-state index >= 15 is 0 Å². The standard InChI is InChI=1S/C16H18IN3O4/c1-16(2,3)15-18-10(9-23-4)7-14(19-15)24-13-8-11(20(21)22)5-6-12(13)17/h5-8H,9H2,1-4H3. The molecule has 0 saturated heterocycles. The van der Waals surface area contributed by atoms with Crippen molar-refractivity contribution in [2.45, 2.75) is 32.8 Å². The van der Waals surface area contributed by atoms with Gasteiger partial charge in [0, 0.05) is 24.7 Å². The van der Waals surface area contributed by atoms with Crippen molar-refractivity contribution in [2.75, 3.05) is 7.11 Å². The van der Waals surface area contributed by atoms with E-state index in [-0.39, 0.29) is 11.1 Å². The third-order valence-corrected chi connectivity index (χ3v) is 3.95. The van der Waals surface area contributed by atoms with Gasteiger partial charge < -0.3 is 9.47 Å². The van der Waals surface area contributed by atoms with Crippen LogP contribution >= 0.6 is 22.6 Å². The van der Waals surface area contributed by atoms with Crippen molar-refractivity contribution in [3.8, 4) is 11.6 Å². The SMILES string of the molecule is COCc1cc(Oc2cc([N+](=O)[O-])ccc2I)nc(C(C)(C)C)n1. The molecule has 2 rings (SSSR count). The molecule has 2 aromatic rings. The largest absolute Gasteiger partial charge is 0.438 e. The minimum absolute atomic E-state index is 0.0346. The number of rotatable bonds is 5. The molecule has 8 heteroatoms. The van der Waals surface area contributed by atoms with E-state index in [1.54, 1.807) is 19.2 Å². The van der Waals surface area contributed by atoms with Crippen molar-refractivity contribution in [3.05, 3.63) is 49.5 Å². The second-order valence-electron chi connectivity index (χ2n) is 6.18. The van der Waals surface area contributed by atoms with Gasteiger partial charge in [-0.05, 0) is 28.7 Å². The van der Waals surface area contributed by atoms with Crippen LogP contribution < -0.4 is 4.74 Å². The fourth-order valence-corrected chi connectivity index (χ4v) is 2.32. The third-order valence-electron chi connectivity index (χ3n) is 3.06. The van der Waals surface area contributed by atoms with E-state index in [0.717, 1.165) is 3.57 Å². The summed E-state index contributed by atoms with van der Waals surface area (Å²) < 4.78 is 11.7. The van der Waals surface area contributed by atoms with Crippen LogP contribution in [0.2, 0.25) is 0 Å². The predicted octanol–water partition coefficient (Wildman–Crippen LogP) is 4.23. The van der Waals surface area contributed by atoms with Crippen molar-refractivity contribution in [1.82, 2.24) is 9.97 Å². The van der Waals surface area contributed by atoms with Gasteiger partial charge in [-0.1, -0.05) is 20.8 Å². The van der Waals surface area contributed by atoms with Crippen molar-refractivity contribution in [1.29, 1.82) is 0 Å². The lowest BCUT2D eigenvalue weighted by molar-refractivity contribution is -0.384. The quantitative estimate of drug-likeness (QED) is 0.391. The number of ether oxygens (including phenoxy) is 2. The van der Waals surface area contributed by atoms with Crippen LogP contribution in [0.1, 0.15) is 32.3 Å². The summed E-state index contributed by atoms with van der Waals surface area (Å²) in [6, 6.07) is 6.13. The zero-order chi connectivity index (χ0) is 17.9. The number of benzene rings is 1. The lowest BCUT2D eigenvalue weighted by Crippen LogP contribution is -2.17. The Balaban J connectivity index is 2.43. The molecule has 0 amide bonds. The molecular formula is C16H18IN3O4. The molecular weight excluding hydrogens is 425 g/mol. The molecule has 0 aliphatic carbocycles. The average molecular weight is 443 g/mol. The van der Waals surface area contributed by atoms with Crippen LogP contribution in [0.25, 0.3) is 0 Å². The molecule has 0 unspecified atom stereocenters. The number of nitrogens with zero attached hydrogens (tertiary/aromatic N) is 3. The fourth-order valence-electron chi connectivity index (χ4n) is 1.88. The molecule has 0 N–H and O–H groups in total. The second-order valence-corrected chi connectivity index (χ2v) is 7.34. The third kappa shape index (κ3) is 4.60. The van der Waals surface area contributed by atoms with E-state index in [0.29, 0.717) is 29.8 Å². The van der Waals surface area contributed by atoms with Crippen LogP contribution in [0, 0.1) is 13.7 Å². The first-order valence-corrected chi connectivity index (χ1v) is 8.28. The van der Waals surface area contributed by atoms with E-state index in [1.807, 2.05) is 20.8 Å². The highest BCUT2D eigenvalue weighted by Gasteiger charge is 2.20. The zero-order valence-electron chi connectivity index (χ0n) is 13.9. The molecule has 0 aliphatic heterocycles. The first kappa shape index (κ1) is 18.5. The highest BCUT2D eigenvalue weighted by atomic mass is 127. The minimum atomic E-state index is -0.458. The monoisotopic (exact) mass is 443 g/mol. The van der Waals surface area contributed by atoms with Crippen LogP contribution in [-0.4, -0.2) is 22.0 Å². The molecule has 0 saturated carbocycles. The number of halogens is 1. The van der Waals surface area contributed by atoms with Crippen LogP contribution in [0.3, 0.4) is 0 Å². The van der Waals surface area contributed by atoms with E-state index < -0.39 is 4.92 Å². The Kier molecular flexibility index (Phi) is 5.70. The lowest BCUT2D eigenvalue weighted by Gasteiger charge is -2.18. The van der Waals surface area contributed by atoms with E-state index in [9.17, 15) is 10.1 Å². The Morgan fingerprint density at radius 3 is 2.54 bits per heavy atom. The van der Waals surface area contributed by atoms with Crippen LogP contribution in [-0.2, 0) is 16.8 Å². The van der Waals surface area contributed by atoms with E-state index in [4.69, 9.17) is 9.47 Å².